The number of aromatic nitrogens is 1. The Morgan fingerprint density at radius 3 is 2.04 bits per heavy atom. The van der Waals surface area contributed by atoms with Crippen LogP contribution in [0, 0.1) is 0 Å². The van der Waals surface area contributed by atoms with Crippen LogP contribution in [0.25, 0.3) is 0 Å². The number of nitrogens with zero attached hydrogens (tertiary/aromatic N) is 1. The van der Waals surface area contributed by atoms with Crippen LogP contribution in [0.5, 0.6) is 0 Å². The molecule has 0 unspecified atom stereocenters. The van der Waals surface area contributed by atoms with Crippen LogP contribution in [0.2, 0.25) is 0 Å². The summed E-state index contributed by atoms with van der Waals surface area (Å²) in [6.45, 7) is 1.53. The Labute approximate surface area is 151 Å². The van der Waals surface area contributed by atoms with Crippen molar-refractivity contribution in [2.45, 2.75) is 6.92 Å². The average Bonchev–Trinajstić information content (AvgIpc) is 2.64. The summed E-state index contributed by atoms with van der Waals surface area (Å²) in [7, 11) is 0. The molecule has 6 nitrogen and oxygen atoms in total. The van der Waals surface area contributed by atoms with Crippen molar-refractivity contribution >= 4 is 34.7 Å². The van der Waals surface area contributed by atoms with Crippen LogP contribution in [0.15, 0.2) is 72.9 Å². The van der Waals surface area contributed by atoms with Gasteiger partial charge in [-0.1, -0.05) is 18.2 Å². The van der Waals surface area contributed by atoms with Gasteiger partial charge in [-0.05, 0) is 55.5 Å². The fourth-order valence-corrected chi connectivity index (χ4v) is 2.29. The van der Waals surface area contributed by atoms with Crippen molar-refractivity contribution in [2.24, 2.45) is 0 Å². The maximum atomic E-state index is 12.0. The van der Waals surface area contributed by atoms with Gasteiger partial charge < -0.3 is 16.0 Å². The topological polar surface area (TPSA) is 83.1 Å². The van der Waals surface area contributed by atoms with Crippen molar-refractivity contribution in [1.82, 2.24) is 4.98 Å². The predicted molar refractivity (Wildman–Crippen MR) is 103 cm³/mol. The Morgan fingerprint density at radius 1 is 0.769 bits per heavy atom. The minimum atomic E-state index is -0.335. The summed E-state index contributed by atoms with van der Waals surface area (Å²) in [6, 6.07) is 19.5. The highest BCUT2D eigenvalue weighted by Crippen LogP contribution is 2.17. The van der Waals surface area contributed by atoms with Crippen LogP contribution >= 0.6 is 0 Å². The number of anilines is 4. The van der Waals surface area contributed by atoms with Gasteiger partial charge in [0.15, 0.2) is 5.78 Å². The van der Waals surface area contributed by atoms with Gasteiger partial charge in [0.1, 0.15) is 5.82 Å². The van der Waals surface area contributed by atoms with Gasteiger partial charge >= 0.3 is 6.03 Å². The lowest BCUT2D eigenvalue weighted by atomic mass is 10.1. The van der Waals surface area contributed by atoms with E-state index >= 15 is 0 Å². The van der Waals surface area contributed by atoms with Crippen LogP contribution in [0.1, 0.15) is 17.3 Å². The first-order chi connectivity index (χ1) is 12.6. The van der Waals surface area contributed by atoms with Crippen molar-refractivity contribution in [3.8, 4) is 0 Å². The number of carbonyl (C=O) groups is 2. The molecular formula is C20H18N4O2. The molecule has 3 aromatic rings. The van der Waals surface area contributed by atoms with Gasteiger partial charge in [0.25, 0.3) is 0 Å². The van der Waals surface area contributed by atoms with Crippen molar-refractivity contribution in [3.63, 3.8) is 0 Å². The molecule has 2 aromatic carbocycles. The molecule has 0 saturated heterocycles. The predicted octanol–water partition coefficient (Wildman–Crippen LogP) is 4.67. The lowest BCUT2D eigenvalue weighted by Gasteiger charge is -2.09. The molecule has 0 aliphatic heterocycles. The fraction of sp³-hybridized carbons (Fsp3) is 0.0500. The first kappa shape index (κ1) is 17.2. The van der Waals surface area contributed by atoms with Crippen LogP contribution < -0.4 is 16.0 Å². The zero-order valence-corrected chi connectivity index (χ0v) is 14.2. The van der Waals surface area contributed by atoms with E-state index in [1.165, 1.54) is 6.92 Å². The molecule has 3 N–H and O–H groups in total. The molecule has 3 rings (SSSR count). The zero-order valence-electron chi connectivity index (χ0n) is 14.2. The molecule has 0 bridgehead atoms. The number of benzene rings is 2. The third-order valence-electron chi connectivity index (χ3n) is 3.62. The lowest BCUT2D eigenvalue weighted by Crippen LogP contribution is -2.19. The van der Waals surface area contributed by atoms with E-state index in [0.717, 1.165) is 5.69 Å². The number of pyridine rings is 1. The van der Waals surface area contributed by atoms with Crippen molar-refractivity contribution in [1.29, 1.82) is 0 Å². The quantitative estimate of drug-likeness (QED) is 0.586. The highest BCUT2D eigenvalue weighted by atomic mass is 16.2. The molecule has 1 aromatic heterocycles. The summed E-state index contributed by atoms with van der Waals surface area (Å²) in [4.78, 5) is 27.5. The number of urea groups is 1. The van der Waals surface area contributed by atoms with Crippen molar-refractivity contribution < 1.29 is 9.59 Å². The molecule has 6 heteroatoms. The Bertz CT molecular complexity index is 891. The maximum absolute atomic E-state index is 12.0. The standard InChI is InChI=1S/C20H18N4O2/c1-14(25)15-7-9-17(10-8-15)22-19-12-11-18(13-21-19)24-20(26)23-16-5-3-2-4-6-16/h2-13H,1H3,(H,21,22)(H2,23,24,26). The van der Waals surface area contributed by atoms with E-state index in [4.69, 9.17) is 0 Å². The number of ketones is 1. The van der Waals surface area contributed by atoms with E-state index in [1.807, 2.05) is 42.5 Å². The number of amides is 2. The molecule has 0 aliphatic rings. The Balaban J connectivity index is 1.57. The SMILES string of the molecule is CC(=O)c1ccc(Nc2ccc(NC(=O)Nc3ccccc3)cn2)cc1. The second kappa shape index (κ2) is 7.94. The number of Topliss-reactive ketones (excluding diaryl/α,β-unsaturated/α-hetero) is 1. The average molecular weight is 346 g/mol. The molecule has 0 aliphatic carbocycles. The number of nitrogens with one attached hydrogen (secondary N) is 3. The number of hydrogen-bond acceptors (Lipinski definition) is 4. The zero-order chi connectivity index (χ0) is 18.4. The minimum absolute atomic E-state index is 0.0267. The number of para-hydroxylation sites is 1. The molecule has 0 spiro atoms. The fourth-order valence-electron chi connectivity index (χ4n) is 2.29. The largest absolute Gasteiger partial charge is 0.340 e. The van der Waals surface area contributed by atoms with E-state index in [2.05, 4.69) is 20.9 Å². The normalized spacial score (nSPS) is 10.0. The van der Waals surface area contributed by atoms with Gasteiger partial charge in [-0.15, -0.1) is 0 Å². The molecule has 0 saturated carbocycles. The summed E-state index contributed by atoms with van der Waals surface area (Å²) in [5, 5.41) is 8.60. The molecule has 0 radical (unpaired) electrons. The highest BCUT2D eigenvalue weighted by molar-refractivity contribution is 5.99. The van der Waals surface area contributed by atoms with E-state index in [0.29, 0.717) is 22.8 Å². The molecule has 2 amide bonds. The summed E-state index contributed by atoms with van der Waals surface area (Å²) >= 11 is 0. The summed E-state index contributed by atoms with van der Waals surface area (Å²) in [5.41, 5.74) is 2.78. The Morgan fingerprint density at radius 2 is 1.42 bits per heavy atom. The third kappa shape index (κ3) is 4.67. The van der Waals surface area contributed by atoms with Gasteiger partial charge in [-0.2, -0.15) is 0 Å². The Kier molecular flexibility index (Phi) is 5.24. The van der Waals surface area contributed by atoms with E-state index in [9.17, 15) is 9.59 Å². The van der Waals surface area contributed by atoms with Gasteiger partial charge in [-0.3, -0.25) is 4.79 Å². The lowest BCUT2D eigenvalue weighted by molar-refractivity contribution is 0.101. The number of rotatable bonds is 5. The van der Waals surface area contributed by atoms with E-state index < -0.39 is 0 Å². The number of carbonyl (C=O) groups excluding carboxylic acids is 2. The van der Waals surface area contributed by atoms with Crippen molar-refractivity contribution in [3.05, 3.63) is 78.5 Å². The van der Waals surface area contributed by atoms with Crippen LogP contribution in [-0.4, -0.2) is 16.8 Å². The molecule has 0 fully saturated rings. The minimum Gasteiger partial charge on any atom is -0.340 e. The first-order valence-corrected chi connectivity index (χ1v) is 8.07. The smallest absolute Gasteiger partial charge is 0.323 e. The van der Waals surface area contributed by atoms with Gasteiger partial charge in [0.2, 0.25) is 0 Å². The highest BCUT2D eigenvalue weighted by Gasteiger charge is 2.04. The first-order valence-electron chi connectivity index (χ1n) is 8.07. The number of hydrogen-bond donors (Lipinski definition) is 3. The molecular weight excluding hydrogens is 328 g/mol. The second-order valence-electron chi connectivity index (χ2n) is 5.64. The molecule has 130 valence electrons. The monoisotopic (exact) mass is 346 g/mol. The van der Waals surface area contributed by atoms with Crippen LogP contribution in [0.4, 0.5) is 27.7 Å². The van der Waals surface area contributed by atoms with Gasteiger partial charge in [-0.25, -0.2) is 9.78 Å². The van der Waals surface area contributed by atoms with Crippen LogP contribution in [0.3, 0.4) is 0 Å². The summed E-state index contributed by atoms with van der Waals surface area (Å²) in [5.74, 6) is 0.661. The third-order valence-corrected chi connectivity index (χ3v) is 3.62. The van der Waals surface area contributed by atoms with E-state index in [1.54, 1.807) is 30.5 Å². The van der Waals surface area contributed by atoms with Gasteiger partial charge in [0, 0.05) is 16.9 Å². The Hall–Kier alpha value is -3.67. The second-order valence-corrected chi connectivity index (χ2v) is 5.64. The summed E-state index contributed by atoms with van der Waals surface area (Å²) < 4.78 is 0. The van der Waals surface area contributed by atoms with Gasteiger partial charge in [0.05, 0.1) is 11.9 Å². The van der Waals surface area contributed by atoms with Crippen molar-refractivity contribution in [2.75, 3.05) is 16.0 Å². The molecule has 26 heavy (non-hydrogen) atoms. The van der Waals surface area contributed by atoms with Crippen LogP contribution in [-0.2, 0) is 0 Å². The maximum Gasteiger partial charge on any atom is 0.323 e. The molecule has 1 heterocycles. The molecule has 0 atom stereocenters. The summed E-state index contributed by atoms with van der Waals surface area (Å²) in [6.07, 6.45) is 1.57. The van der Waals surface area contributed by atoms with E-state index in [-0.39, 0.29) is 11.8 Å².